The zero-order valence-corrected chi connectivity index (χ0v) is 12.4. The number of rotatable bonds is 4. The normalized spacial score (nSPS) is 23.0. The summed E-state index contributed by atoms with van der Waals surface area (Å²) in [5.41, 5.74) is 0.267. The number of hydrogen-bond donors (Lipinski definition) is 2. The fourth-order valence-corrected chi connectivity index (χ4v) is 3.41. The van der Waals surface area contributed by atoms with Crippen LogP contribution in [0.5, 0.6) is 0 Å². The lowest BCUT2D eigenvalue weighted by molar-refractivity contribution is -0.121. The van der Waals surface area contributed by atoms with E-state index in [9.17, 15) is 9.90 Å². The van der Waals surface area contributed by atoms with Gasteiger partial charge in [-0.25, -0.2) is 0 Å². The van der Waals surface area contributed by atoms with Crippen LogP contribution in [0.3, 0.4) is 0 Å². The van der Waals surface area contributed by atoms with E-state index in [2.05, 4.69) is 21.2 Å². The average molecular weight is 330 g/mol. The number of carbonyl (C=O) groups excluding carboxylic acids is 1. The predicted octanol–water partition coefficient (Wildman–Crippen LogP) is 1.98. The number of carbonyl (C=O) groups is 1. The highest BCUT2D eigenvalue weighted by Gasteiger charge is 2.31. The van der Waals surface area contributed by atoms with Crippen LogP contribution in [0.15, 0.2) is 28.7 Å². The van der Waals surface area contributed by atoms with Gasteiger partial charge >= 0.3 is 0 Å². The van der Waals surface area contributed by atoms with Crippen molar-refractivity contribution in [1.82, 2.24) is 5.32 Å². The molecule has 1 unspecified atom stereocenters. The van der Waals surface area contributed by atoms with Gasteiger partial charge in [0, 0.05) is 16.8 Å². The molecule has 0 radical (unpaired) electrons. The first-order chi connectivity index (χ1) is 8.57. The Morgan fingerprint density at radius 1 is 1.44 bits per heavy atom. The van der Waals surface area contributed by atoms with Crippen molar-refractivity contribution in [3.8, 4) is 0 Å². The summed E-state index contributed by atoms with van der Waals surface area (Å²) in [6.45, 7) is 0.357. The number of benzene rings is 1. The van der Waals surface area contributed by atoms with Crippen LogP contribution in [0.2, 0.25) is 0 Å². The molecule has 1 saturated heterocycles. The number of hydrogen-bond acceptors (Lipinski definition) is 3. The van der Waals surface area contributed by atoms with Gasteiger partial charge in [0.2, 0.25) is 5.91 Å². The Labute approximate surface area is 119 Å². The first kappa shape index (κ1) is 13.9. The topological polar surface area (TPSA) is 49.3 Å². The van der Waals surface area contributed by atoms with Gasteiger partial charge in [-0.05, 0) is 29.9 Å². The number of halogens is 1. The maximum absolute atomic E-state index is 11.8. The van der Waals surface area contributed by atoms with E-state index in [-0.39, 0.29) is 5.91 Å². The predicted molar refractivity (Wildman–Crippen MR) is 77.7 cm³/mol. The smallest absolute Gasteiger partial charge is 0.224 e. The van der Waals surface area contributed by atoms with Crippen molar-refractivity contribution in [2.75, 3.05) is 18.1 Å². The van der Waals surface area contributed by atoms with Crippen LogP contribution in [-0.2, 0) is 11.2 Å². The molecule has 1 amide bonds. The van der Waals surface area contributed by atoms with Gasteiger partial charge in [0.15, 0.2) is 0 Å². The Bertz CT molecular complexity index is 416. The van der Waals surface area contributed by atoms with E-state index in [0.29, 0.717) is 18.7 Å². The fraction of sp³-hybridized carbons (Fsp3) is 0.462. The maximum Gasteiger partial charge on any atom is 0.224 e. The number of nitrogens with one attached hydrogen (secondary N) is 1. The molecular formula is C13H16BrNO2S. The molecule has 0 aromatic heterocycles. The summed E-state index contributed by atoms with van der Waals surface area (Å²) in [6, 6.07) is 7.68. The summed E-state index contributed by atoms with van der Waals surface area (Å²) in [5.74, 6) is 1.65. The molecule has 0 bridgehead atoms. The molecule has 2 N–H and O–H groups in total. The van der Waals surface area contributed by atoms with Gasteiger partial charge in [0.25, 0.3) is 0 Å². The minimum Gasteiger partial charge on any atom is -0.387 e. The van der Waals surface area contributed by atoms with E-state index in [1.54, 1.807) is 11.8 Å². The molecule has 5 heteroatoms. The summed E-state index contributed by atoms with van der Waals surface area (Å²) in [6.07, 6.45) is 1.12. The third kappa shape index (κ3) is 4.00. The molecule has 0 aliphatic carbocycles. The molecule has 1 aliphatic rings. The second-order valence-corrected chi connectivity index (χ2v) is 6.63. The van der Waals surface area contributed by atoms with Crippen LogP contribution in [0.4, 0.5) is 0 Å². The second kappa shape index (κ2) is 6.08. The summed E-state index contributed by atoms with van der Waals surface area (Å²) in [7, 11) is 0. The lowest BCUT2D eigenvalue weighted by atomic mass is 10.0. The van der Waals surface area contributed by atoms with Crippen LogP contribution in [0.25, 0.3) is 0 Å². The zero-order valence-electron chi connectivity index (χ0n) is 9.99. The molecule has 98 valence electrons. The van der Waals surface area contributed by atoms with Gasteiger partial charge < -0.3 is 10.4 Å². The van der Waals surface area contributed by atoms with Crippen LogP contribution in [0.1, 0.15) is 12.0 Å². The van der Waals surface area contributed by atoms with E-state index in [1.807, 2.05) is 24.3 Å². The molecule has 1 aliphatic heterocycles. The largest absolute Gasteiger partial charge is 0.387 e. The second-order valence-electron chi connectivity index (χ2n) is 4.61. The van der Waals surface area contributed by atoms with E-state index in [0.717, 1.165) is 22.2 Å². The van der Waals surface area contributed by atoms with Crippen molar-refractivity contribution in [3.05, 3.63) is 34.3 Å². The number of amides is 1. The molecule has 0 saturated carbocycles. The van der Waals surface area contributed by atoms with Crippen molar-refractivity contribution in [1.29, 1.82) is 0 Å². The highest BCUT2D eigenvalue weighted by atomic mass is 79.9. The molecule has 1 fully saturated rings. The first-order valence-electron chi connectivity index (χ1n) is 5.89. The Morgan fingerprint density at radius 2 is 2.17 bits per heavy atom. The third-order valence-corrected chi connectivity index (χ3v) is 4.74. The van der Waals surface area contributed by atoms with E-state index < -0.39 is 5.60 Å². The summed E-state index contributed by atoms with van der Waals surface area (Å²) < 4.78 is 1.00. The van der Waals surface area contributed by atoms with Crippen LogP contribution < -0.4 is 5.32 Å². The Morgan fingerprint density at radius 3 is 2.78 bits per heavy atom. The zero-order chi connectivity index (χ0) is 13.0. The molecule has 3 nitrogen and oxygen atoms in total. The van der Waals surface area contributed by atoms with Gasteiger partial charge in [-0.3, -0.25) is 4.79 Å². The van der Waals surface area contributed by atoms with Gasteiger partial charge in [0.05, 0.1) is 12.0 Å². The summed E-state index contributed by atoms with van der Waals surface area (Å²) in [4.78, 5) is 11.8. The highest BCUT2D eigenvalue weighted by Crippen LogP contribution is 2.26. The van der Waals surface area contributed by atoms with Crippen LogP contribution >= 0.6 is 27.7 Å². The molecule has 1 heterocycles. The minimum absolute atomic E-state index is 0.0392. The SMILES string of the molecule is O=C(Cc1ccc(Br)cc1)NCC1(O)CCSC1. The monoisotopic (exact) mass is 329 g/mol. The van der Waals surface area contributed by atoms with E-state index in [4.69, 9.17) is 0 Å². The molecule has 2 rings (SSSR count). The fourth-order valence-electron chi connectivity index (χ4n) is 1.85. The quantitative estimate of drug-likeness (QED) is 0.888. The lowest BCUT2D eigenvalue weighted by Crippen LogP contribution is -2.43. The Kier molecular flexibility index (Phi) is 4.70. The lowest BCUT2D eigenvalue weighted by Gasteiger charge is -2.21. The van der Waals surface area contributed by atoms with Crippen LogP contribution in [0, 0.1) is 0 Å². The maximum atomic E-state index is 11.8. The number of thioether (sulfide) groups is 1. The highest BCUT2D eigenvalue weighted by molar-refractivity contribution is 9.10. The third-order valence-electron chi connectivity index (χ3n) is 2.98. The molecule has 1 atom stereocenters. The van der Waals surface area contributed by atoms with Gasteiger partial charge in [-0.1, -0.05) is 28.1 Å². The van der Waals surface area contributed by atoms with Crippen molar-refractivity contribution < 1.29 is 9.90 Å². The molecule has 18 heavy (non-hydrogen) atoms. The number of aliphatic hydroxyl groups is 1. The molecule has 1 aromatic rings. The molecule has 0 spiro atoms. The molecule has 1 aromatic carbocycles. The van der Waals surface area contributed by atoms with Gasteiger partial charge in [-0.15, -0.1) is 0 Å². The van der Waals surface area contributed by atoms with Crippen molar-refractivity contribution >= 4 is 33.6 Å². The van der Waals surface area contributed by atoms with E-state index in [1.165, 1.54) is 0 Å². The average Bonchev–Trinajstić information content (AvgIpc) is 2.78. The minimum atomic E-state index is -0.708. The van der Waals surface area contributed by atoms with Crippen LogP contribution in [-0.4, -0.2) is 34.7 Å². The van der Waals surface area contributed by atoms with Gasteiger partial charge in [-0.2, -0.15) is 11.8 Å². The summed E-state index contributed by atoms with van der Waals surface area (Å²) in [5, 5.41) is 12.9. The standard InChI is InChI=1S/C13H16BrNO2S/c14-11-3-1-10(2-4-11)7-12(16)15-8-13(17)5-6-18-9-13/h1-4,17H,5-9H2,(H,15,16). The Balaban J connectivity index is 1.80. The van der Waals surface area contributed by atoms with Crippen molar-refractivity contribution in [2.24, 2.45) is 0 Å². The van der Waals surface area contributed by atoms with Crippen molar-refractivity contribution in [3.63, 3.8) is 0 Å². The first-order valence-corrected chi connectivity index (χ1v) is 7.83. The Hall–Kier alpha value is -0.520. The van der Waals surface area contributed by atoms with Gasteiger partial charge in [0.1, 0.15) is 0 Å². The van der Waals surface area contributed by atoms with Crippen molar-refractivity contribution in [2.45, 2.75) is 18.4 Å². The summed E-state index contributed by atoms with van der Waals surface area (Å²) >= 11 is 5.09. The molecular weight excluding hydrogens is 314 g/mol. The van der Waals surface area contributed by atoms with E-state index >= 15 is 0 Å².